The molecule has 2 aliphatic rings. The molecule has 0 amide bonds. The van der Waals surface area contributed by atoms with Crippen LogP contribution >= 0.6 is 0 Å². The Morgan fingerprint density at radius 2 is 2.05 bits per heavy atom. The molecular weight excluding hydrogens is 246 g/mol. The van der Waals surface area contributed by atoms with Gasteiger partial charge in [-0.15, -0.1) is 0 Å². The van der Waals surface area contributed by atoms with Crippen molar-refractivity contribution in [2.75, 3.05) is 0 Å². The van der Waals surface area contributed by atoms with Crippen LogP contribution in [0.1, 0.15) is 48.0 Å². The summed E-state index contributed by atoms with van der Waals surface area (Å²) in [4.78, 5) is 12.2. The Morgan fingerprint density at radius 3 is 2.79 bits per heavy atom. The summed E-state index contributed by atoms with van der Waals surface area (Å²) in [7, 11) is 0. The number of hydrogen-bond donors (Lipinski definition) is 0. The molecule has 1 aromatic rings. The summed E-state index contributed by atoms with van der Waals surface area (Å²) in [5.74, 6) is -2.43. The summed E-state index contributed by atoms with van der Waals surface area (Å²) >= 11 is 0. The van der Waals surface area contributed by atoms with Crippen molar-refractivity contribution in [3.8, 4) is 0 Å². The number of carbonyl (C=O) groups is 1. The first-order valence-electron chi connectivity index (χ1n) is 7.05. The molecule has 102 valence electrons. The molecule has 0 bridgehead atoms. The predicted octanol–water partition coefficient (Wildman–Crippen LogP) is 4.26. The van der Waals surface area contributed by atoms with Gasteiger partial charge in [0.05, 0.1) is 0 Å². The molecule has 19 heavy (non-hydrogen) atoms. The van der Waals surface area contributed by atoms with Crippen molar-refractivity contribution < 1.29 is 13.6 Å². The lowest BCUT2D eigenvalue weighted by molar-refractivity contribution is -0.0551. The Morgan fingerprint density at radius 1 is 1.26 bits per heavy atom. The van der Waals surface area contributed by atoms with Gasteiger partial charge in [-0.2, -0.15) is 0 Å². The van der Waals surface area contributed by atoms with Crippen LogP contribution in [0.5, 0.6) is 0 Å². The number of rotatable bonds is 2. The fourth-order valence-corrected chi connectivity index (χ4v) is 3.59. The maximum absolute atomic E-state index is 13.4. The lowest BCUT2D eigenvalue weighted by atomic mass is 9.80. The van der Waals surface area contributed by atoms with E-state index in [0.29, 0.717) is 12.8 Å². The quantitative estimate of drug-likeness (QED) is 0.780. The summed E-state index contributed by atoms with van der Waals surface area (Å²) in [5, 5.41) is 0. The number of benzene rings is 1. The lowest BCUT2D eigenvalue weighted by Crippen LogP contribution is -2.28. The van der Waals surface area contributed by atoms with Crippen LogP contribution in [0.15, 0.2) is 24.3 Å². The highest BCUT2D eigenvalue weighted by atomic mass is 19.3. The summed E-state index contributed by atoms with van der Waals surface area (Å²) in [6.07, 6.45) is 2.77. The number of carbonyl (C=O) groups excluding carboxylic acids is 1. The van der Waals surface area contributed by atoms with Crippen molar-refractivity contribution in [2.24, 2.45) is 11.8 Å². The van der Waals surface area contributed by atoms with E-state index in [1.807, 2.05) is 24.3 Å². The highest BCUT2D eigenvalue weighted by molar-refractivity contribution is 6.02. The third kappa shape index (κ3) is 2.56. The van der Waals surface area contributed by atoms with E-state index in [4.69, 9.17) is 0 Å². The molecule has 1 aromatic carbocycles. The van der Waals surface area contributed by atoms with Crippen molar-refractivity contribution in [1.29, 1.82) is 0 Å². The molecule has 0 aromatic heterocycles. The number of fused-ring (bicyclic) bond motifs is 1. The van der Waals surface area contributed by atoms with E-state index in [-0.39, 0.29) is 30.5 Å². The second-order valence-corrected chi connectivity index (χ2v) is 5.98. The molecule has 0 saturated heterocycles. The van der Waals surface area contributed by atoms with Gasteiger partial charge >= 0.3 is 0 Å². The number of Topliss-reactive ketones (excluding diaryl/α,β-unsaturated/α-hetero) is 1. The average Bonchev–Trinajstić information content (AvgIpc) is 2.66. The Balaban J connectivity index is 1.68. The van der Waals surface area contributed by atoms with Gasteiger partial charge in [-0.05, 0) is 37.2 Å². The van der Waals surface area contributed by atoms with E-state index in [1.165, 1.54) is 0 Å². The summed E-state index contributed by atoms with van der Waals surface area (Å²) in [5.41, 5.74) is 1.88. The molecule has 2 unspecified atom stereocenters. The first-order valence-corrected chi connectivity index (χ1v) is 7.05. The second-order valence-electron chi connectivity index (χ2n) is 5.98. The van der Waals surface area contributed by atoms with Crippen LogP contribution in [-0.2, 0) is 6.42 Å². The Bertz CT molecular complexity index is 495. The Labute approximate surface area is 112 Å². The van der Waals surface area contributed by atoms with Crippen LogP contribution in [0.2, 0.25) is 0 Å². The maximum Gasteiger partial charge on any atom is 0.248 e. The van der Waals surface area contributed by atoms with Crippen LogP contribution in [-0.4, -0.2) is 11.7 Å². The zero-order valence-corrected chi connectivity index (χ0v) is 10.9. The number of halogens is 2. The first kappa shape index (κ1) is 12.8. The van der Waals surface area contributed by atoms with E-state index < -0.39 is 5.92 Å². The van der Waals surface area contributed by atoms with Crippen molar-refractivity contribution in [2.45, 2.75) is 44.4 Å². The van der Waals surface area contributed by atoms with Gasteiger partial charge < -0.3 is 0 Å². The fraction of sp³-hybridized carbons (Fsp3) is 0.562. The van der Waals surface area contributed by atoms with E-state index in [2.05, 4.69) is 0 Å². The predicted molar refractivity (Wildman–Crippen MR) is 69.5 cm³/mol. The summed E-state index contributed by atoms with van der Waals surface area (Å²) in [6, 6.07) is 7.63. The SMILES string of the molecule is O=C1c2ccccc2CC1CC1CCCC(F)(F)C1. The normalized spacial score (nSPS) is 29.3. The maximum atomic E-state index is 13.4. The molecule has 0 N–H and O–H groups in total. The molecule has 1 fully saturated rings. The standard InChI is InChI=1S/C16H18F2O/c17-16(18)7-3-4-11(10-16)8-13-9-12-5-1-2-6-14(12)15(13)19/h1-2,5-6,11,13H,3-4,7-10H2. The van der Waals surface area contributed by atoms with E-state index in [1.54, 1.807) is 0 Å². The minimum Gasteiger partial charge on any atom is -0.294 e. The van der Waals surface area contributed by atoms with Crippen molar-refractivity contribution in [1.82, 2.24) is 0 Å². The molecule has 0 heterocycles. The molecule has 2 atom stereocenters. The van der Waals surface area contributed by atoms with Gasteiger partial charge in [0.2, 0.25) is 5.92 Å². The highest BCUT2D eigenvalue weighted by Crippen LogP contribution is 2.41. The molecule has 0 spiro atoms. The highest BCUT2D eigenvalue weighted by Gasteiger charge is 2.39. The number of hydrogen-bond acceptors (Lipinski definition) is 1. The zero-order valence-electron chi connectivity index (χ0n) is 10.9. The van der Waals surface area contributed by atoms with Gasteiger partial charge in [-0.3, -0.25) is 4.79 Å². The monoisotopic (exact) mass is 264 g/mol. The smallest absolute Gasteiger partial charge is 0.248 e. The van der Waals surface area contributed by atoms with Crippen LogP contribution in [0.25, 0.3) is 0 Å². The van der Waals surface area contributed by atoms with Gasteiger partial charge in [0.25, 0.3) is 0 Å². The number of ketones is 1. The largest absolute Gasteiger partial charge is 0.294 e. The van der Waals surface area contributed by atoms with Crippen LogP contribution < -0.4 is 0 Å². The topological polar surface area (TPSA) is 17.1 Å². The molecule has 0 radical (unpaired) electrons. The van der Waals surface area contributed by atoms with Gasteiger partial charge in [0.1, 0.15) is 0 Å². The molecule has 1 nitrogen and oxygen atoms in total. The summed E-state index contributed by atoms with van der Waals surface area (Å²) in [6.45, 7) is 0. The van der Waals surface area contributed by atoms with E-state index >= 15 is 0 Å². The van der Waals surface area contributed by atoms with Gasteiger partial charge in [-0.1, -0.05) is 24.3 Å². The van der Waals surface area contributed by atoms with E-state index in [9.17, 15) is 13.6 Å². The zero-order chi connectivity index (χ0) is 13.5. The van der Waals surface area contributed by atoms with E-state index in [0.717, 1.165) is 24.0 Å². The molecule has 1 saturated carbocycles. The molecule has 3 rings (SSSR count). The third-order valence-electron chi connectivity index (χ3n) is 4.48. The van der Waals surface area contributed by atoms with Gasteiger partial charge in [0.15, 0.2) is 5.78 Å². The van der Waals surface area contributed by atoms with Crippen LogP contribution in [0, 0.1) is 11.8 Å². The molecule has 0 aliphatic heterocycles. The van der Waals surface area contributed by atoms with Crippen molar-refractivity contribution in [3.63, 3.8) is 0 Å². The van der Waals surface area contributed by atoms with Crippen LogP contribution in [0.4, 0.5) is 8.78 Å². The third-order valence-corrected chi connectivity index (χ3v) is 4.48. The lowest BCUT2D eigenvalue weighted by Gasteiger charge is -2.30. The minimum atomic E-state index is -2.52. The molecule has 2 aliphatic carbocycles. The molecule has 3 heteroatoms. The molecular formula is C16H18F2O. The first-order chi connectivity index (χ1) is 9.05. The average molecular weight is 264 g/mol. The second kappa shape index (κ2) is 4.69. The van der Waals surface area contributed by atoms with Crippen LogP contribution in [0.3, 0.4) is 0 Å². The van der Waals surface area contributed by atoms with Gasteiger partial charge in [0, 0.05) is 24.3 Å². The van der Waals surface area contributed by atoms with Crippen molar-refractivity contribution in [3.05, 3.63) is 35.4 Å². The Hall–Kier alpha value is -1.25. The minimum absolute atomic E-state index is 0.00649. The number of alkyl halides is 2. The fourth-order valence-electron chi connectivity index (χ4n) is 3.59. The van der Waals surface area contributed by atoms with Gasteiger partial charge in [-0.25, -0.2) is 8.78 Å². The summed E-state index contributed by atoms with van der Waals surface area (Å²) < 4.78 is 26.8. The Kier molecular flexibility index (Phi) is 3.15. The van der Waals surface area contributed by atoms with Crippen molar-refractivity contribution >= 4 is 5.78 Å².